The number of phenols is 1. The van der Waals surface area contributed by atoms with E-state index in [1.165, 1.54) is 0 Å². The molecule has 0 aliphatic rings. The van der Waals surface area contributed by atoms with E-state index in [0.29, 0.717) is 6.42 Å². The van der Waals surface area contributed by atoms with E-state index in [1.54, 1.807) is 12.1 Å². The van der Waals surface area contributed by atoms with Crippen LogP contribution in [-0.4, -0.2) is 16.8 Å². The highest BCUT2D eigenvalue weighted by atomic mass is 16.3. The van der Waals surface area contributed by atoms with Crippen molar-refractivity contribution >= 4 is 11.7 Å². The molecule has 5 heteroatoms. The average molecular weight is 206 g/mol. The fraction of sp³-hybridized carbons (Fsp3) is 0.200. The van der Waals surface area contributed by atoms with Gasteiger partial charge in [-0.15, -0.1) is 5.10 Å². The van der Waals surface area contributed by atoms with Crippen LogP contribution in [0.3, 0.4) is 0 Å². The molecule has 0 saturated heterocycles. The molecule has 5 nitrogen and oxygen atoms in total. The summed E-state index contributed by atoms with van der Waals surface area (Å²) >= 11 is 0. The van der Waals surface area contributed by atoms with Crippen molar-refractivity contribution in [2.75, 3.05) is 0 Å². The number of rotatable bonds is 3. The van der Waals surface area contributed by atoms with Gasteiger partial charge >= 0.3 is 0 Å². The highest BCUT2D eigenvalue weighted by molar-refractivity contribution is 5.85. The Morgan fingerprint density at radius 1 is 1.20 bits per heavy atom. The Kier molecular flexibility index (Phi) is 3.68. The number of phenolic OH excluding ortho intramolecular Hbond substituents is 1. The molecule has 0 radical (unpaired) electrons. The zero-order chi connectivity index (χ0) is 11.3. The zero-order valence-electron chi connectivity index (χ0n) is 8.51. The fourth-order valence-corrected chi connectivity index (χ4v) is 1.09. The Morgan fingerprint density at radius 2 is 1.80 bits per heavy atom. The highest BCUT2D eigenvalue weighted by Gasteiger charge is 1.96. The first-order valence-corrected chi connectivity index (χ1v) is 4.48. The predicted octanol–water partition coefficient (Wildman–Crippen LogP) is 0.584. The maximum Gasteiger partial charge on any atom is 0.211 e. The first kappa shape index (κ1) is 11.0. The number of guanidine groups is 1. The summed E-state index contributed by atoms with van der Waals surface area (Å²) in [6, 6.07) is 6.90. The summed E-state index contributed by atoms with van der Waals surface area (Å²) in [6.07, 6.45) is 0.650. The maximum absolute atomic E-state index is 9.08. The van der Waals surface area contributed by atoms with E-state index >= 15 is 0 Å². The molecule has 0 aliphatic carbocycles. The molecular weight excluding hydrogens is 192 g/mol. The zero-order valence-corrected chi connectivity index (χ0v) is 8.51. The number of hydrogen-bond donors (Lipinski definition) is 3. The molecule has 0 aliphatic heterocycles. The van der Waals surface area contributed by atoms with Gasteiger partial charge in [-0.3, -0.25) is 0 Å². The van der Waals surface area contributed by atoms with Gasteiger partial charge in [-0.05, 0) is 24.6 Å². The number of benzene rings is 1. The predicted molar refractivity (Wildman–Crippen MR) is 60.7 cm³/mol. The molecule has 1 aromatic carbocycles. The summed E-state index contributed by atoms with van der Waals surface area (Å²) < 4.78 is 0. The van der Waals surface area contributed by atoms with Crippen molar-refractivity contribution in [2.24, 2.45) is 21.7 Å². The van der Waals surface area contributed by atoms with Crippen molar-refractivity contribution in [3.05, 3.63) is 29.8 Å². The molecule has 1 rings (SSSR count). The normalized spacial score (nSPS) is 11.1. The van der Waals surface area contributed by atoms with Gasteiger partial charge < -0.3 is 16.6 Å². The van der Waals surface area contributed by atoms with Crippen LogP contribution >= 0.6 is 0 Å². The molecule has 1 aromatic rings. The third-order valence-electron chi connectivity index (χ3n) is 1.73. The standard InChI is InChI=1S/C10H14N4O/c1-7(13-14-10(11)12)6-8-2-4-9(15)5-3-8/h2-5,15H,6H2,1H3,(H4,11,12,14)/b13-7-. The largest absolute Gasteiger partial charge is 0.508 e. The summed E-state index contributed by atoms with van der Waals surface area (Å²) in [6.45, 7) is 1.83. The molecule has 0 aromatic heterocycles. The minimum absolute atomic E-state index is 0.0555. The monoisotopic (exact) mass is 206 g/mol. The number of nitrogens with zero attached hydrogens (tertiary/aromatic N) is 2. The van der Waals surface area contributed by atoms with Gasteiger partial charge in [0.05, 0.1) is 0 Å². The second-order valence-electron chi connectivity index (χ2n) is 3.20. The van der Waals surface area contributed by atoms with Crippen molar-refractivity contribution in [1.29, 1.82) is 0 Å². The van der Waals surface area contributed by atoms with Crippen LogP contribution in [0.5, 0.6) is 5.75 Å². The van der Waals surface area contributed by atoms with Gasteiger partial charge in [0.1, 0.15) is 5.75 Å². The quantitative estimate of drug-likeness (QED) is 0.383. The van der Waals surface area contributed by atoms with Crippen LogP contribution in [0.15, 0.2) is 34.5 Å². The van der Waals surface area contributed by atoms with E-state index in [4.69, 9.17) is 16.6 Å². The Balaban J connectivity index is 2.66. The molecule has 0 amide bonds. The number of aromatic hydroxyl groups is 1. The minimum Gasteiger partial charge on any atom is -0.508 e. The van der Waals surface area contributed by atoms with Crippen molar-refractivity contribution in [3.63, 3.8) is 0 Å². The molecule has 15 heavy (non-hydrogen) atoms. The second-order valence-corrected chi connectivity index (χ2v) is 3.20. The SMILES string of the molecule is C/C(Cc1ccc(O)cc1)=N/N=C(N)N. The molecule has 0 fully saturated rings. The van der Waals surface area contributed by atoms with Gasteiger partial charge in [-0.25, -0.2) is 0 Å². The topological polar surface area (TPSA) is 97.0 Å². The number of hydrogen-bond acceptors (Lipinski definition) is 3. The lowest BCUT2D eigenvalue weighted by molar-refractivity contribution is 0.475. The summed E-state index contributed by atoms with van der Waals surface area (Å²) in [5.41, 5.74) is 12.1. The molecule has 0 saturated carbocycles. The third-order valence-corrected chi connectivity index (χ3v) is 1.73. The summed E-state index contributed by atoms with van der Waals surface area (Å²) in [7, 11) is 0. The van der Waals surface area contributed by atoms with Gasteiger partial charge in [-0.2, -0.15) is 5.10 Å². The van der Waals surface area contributed by atoms with E-state index in [1.807, 2.05) is 19.1 Å². The third kappa shape index (κ3) is 4.12. The van der Waals surface area contributed by atoms with Crippen molar-refractivity contribution in [2.45, 2.75) is 13.3 Å². The van der Waals surface area contributed by atoms with Crippen LogP contribution in [0.4, 0.5) is 0 Å². The van der Waals surface area contributed by atoms with Crippen LogP contribution in [0.1, 0.15) is 12.5 Å². The lowest BCUT2D eigenvalue weighted by atomic mass is 10.1. The average Bonchev–Trinajstić information content (AvgIpc) is 2.19. The van der Waals surface area contributed by atoms with Gasteiger partial charge in [0.2, 0.25) is 5.96 Å². The van der Waals surface area contributed by atoms with Crippen LogP contribution in [-0.2, 0) is 6.42 Å². The van der Waals surface area contributed by atoms with Crippen LogP contribution in [0.2, 0.25) is 0 Å². The summed E-state index contributed by atoms with van der Waals surface area (Å²) in [5.74, 6) is 0.192. The lowest BCUT2D eigenvalue weighted by Gasteiger charge is -1.99. The second kappa shape index (κ2) is 4.99. The smallest absolute Gasteiger partial charge is 0.211 e. The Labute approximate surface area is 88.1 Å². The molecule has 0 unspecified atom stereocenters. The van der Waals surface area contributed by atoms with Crippen LogP contribution < -0.4 is 11.5 Å². The van der Waals surface area contributed by atoms with Gasteiger partial charge in [-0.1, -0.05) is 12.1 Å². The number of nitrogens with two attached hydrogens (primary N) is 2. The van der Waals surface area contributed by atoms with Gasteiger partial charge in [0.25, 0.3) is 0 Å². The van der Waals surface area contributed by atoms with Gasteiger partial charge in [0, 0.05) is 12.1 Å². The van der Waals surface area contributed by atoms with E-state index < -0.39 is 0 Å². The maximum atomic E-state index is 9.08. The van der Waals surface area contributed by atoms with E-state index in [-0.39, 0.29) is 11.7 Å². The molecule has 0 atom stereocenters. The van der Waals surface area contributed by atoms with Crippen molar-refractivity contribution in [3.8, 4) is 5.75 Å². The Bertz CT molecular complexity index is 377. The van der Waals surface area contributed by atoms with E-state index in [9.17, 15) is 0 Å². The molecular formula is C10H14N4O. The fourth-order valence-electron chi connectivity index (χ4n) is 1.09. The van der Waals surface area contributed by atoms with Crippen LogP contribution in [0, 0.1) is 0 Å². The van der Waals surface area contributed by atoms with E-state index in [2.05, 4.69) is 10.2 Å². The molecule has 5 N–H and O–H groups in total. The molecule has 80 valence electrons. The first-order valence-electron chi connectivity index (χ1n) is 4.48. The molecule has 0 spiro atoms. The van der Waals surface area contributed by atoms with Crippen molar-refractivity contribution in [1.82, 2.24) is 0 Å². The Hall–Kier alpha value is -2.04. The van der Waals surface area contributed by atoms with Gasteiger partial charge in [0.15, 0.2) is 0 Å². The highest BCUT2D eigenvalue weighted by Crippen LogP contribution is 2.10. The van der Waals surface area contributed by atoms with Crippen molar-refractivity contribution < 1.29 is 5.11 Å². The first-order chi connectivity index (χ1) is 7.08. The van der Waals surface area contributed by atoms with E-state index in [0.717, 1.165) is 11.3 Å². The molecule has 0 heterocycles. The van der Waals surface area contributed by atoms with Crippen LogP contribution in [0.25, 0.3) is 0 Å². The summed E-state index contributed by atoms with van der Waals surface area (Å²) in [5, 5.41) is 16.5. The molecule has 0 bridgehead atoms. The minimum atomic E-state index is -0.0555. The lowest BCUT2D eigenvalue weighted by Crippen LogP contribution is -2.22. The Morgan fingerprint density at radius 3 is 2.33 bits per heavy atom. The summed E-state index contributed by atoms with van der Waals surface area (Å²) in [4.78, 5) is 0.